The molecule has 0 aliphatic carbocycles. The summed E-state index contributed by atoms with van der Waals surface area (Å²) in [6.07, 6.45) is 0.482. The molecule has 0 aromatic heterocycles. The third-order valence-corrected chi connectivity index (χ3v) is 2.27. The summed E-state index contributed by atoms with van der Waals surface area (Å²) in [6.45, 7) is 0.304. The molecule has 7 heteroatoms. The van der Waals surface area contributed by atoms with Gasteiger partial charge in [0.25, 0.3) is 0 Å². The fourth-order valence-electron chi connectivity index (χ4n) is 1.30. The number of hydrogen-bond acceptors (Lipinski definition) is 5. The monoisotopic (exact) mass is 230 g/mol. The largest absolute Gasteiger partial charge is 0.480 e. The predicted octanol–water partition coefficient (Wildman–Crippen LogP) is -1.39. The van der Waals surface area contributed by atoms with Crippen LogP contribution in [0.3, 0.4) is 0 Å². The first kappa shape index (κ1) is 12.4. The fraction of sp³-hybridized carbons (Fsp3) is 0.667. The number of carbonyl (C=O) groups excluding carboxylic acids is 2. The Kier molecular flexibility index (Phi) is 4.24. The molecule has 0 aromatic carbocycles. The highest BCUT2D eigenvalue weighted by molar-refractivity contribution is 5.85. The van der Waals surface area contributed by atoms with E-state index in [1.807, 2.05) is 0 Å². The molecule has 0 bridgehead atoms. The Labute approximate surface area is 91.9 Å². The van der Waals surface area contributed by atoms with Gasteiger partial charge in [0.1, 0.15) is 12.1 Å². The second-order valence-electron chi connectivity index (χ2n) is 3.56. The maximum Gasteiger partial charge on any atom is 0.328 e. The summed E-state index contributed by atoms with van der Waals surface area (Å²) in [5.74, 6) is -1.98. The zero-order chi connectivity index (χ0) is 12.1. The van der Waals surface area contributed by atoms with Crippen molar-refractivity contribution >= 4 is 17.8 Å². The van der Waals surface area contributed by atoms with Gasteiger partial charge in [0.2, 0.25) is 5.91 Å². The van der Waals surface area contributed by atoms with Crippen LogP contribution in [0.1, 0.15) is 19.3 Å². The number of carboxylic acids is 1. The number of nitrogens with two attached hydrogens (primary N) is 1. The molecule has 90 valence electrons. The number of nitrogens with one attached hydrogen (secondary N) is 1. The van der Waals surface area contributed by atoms with E-state index >= 15 is 0 Å². The maximum atomic E-state index is 11.3. The highest BCUT2D eigenvalue weighted by Gasteiger charge is 2.27. The van der Waals surface area contributed by atoms with Crippen LogP contribution in [0.4, 0.5) is 0 Å². The van der Waals surface area contributed by atoms with Gasteiger partial charge in [-0.1, -0.05) is 0 Å². The van der Waals surface area contributed by atoms with E-state index in [2.05, 4.69) is 10.1 Å². The van der Waals surface area contributed by atoms with Crippen molar-refractivity contribution in [1.29, 1.82) is 0 Å². The van der Waals surface area contributed by atoms with Crippen LogP contribution in [-0.2, 0) is 19.1 Å². The Hall–Kier alpha value is -1.63. The number of rotatable bonds is 5. The van der Waals surface area contributed by atoms with Crippen molar-refractivity contribution in [2.24, 2.45) is 5.73 Å². The van der Waals surface area contributed by atoms with Crippen molar-refractivity contribution < 1.29 is 24.2 Å². The molecule has 4 N–H and O–H groups in total. The topological polar surface area (TPSA) is 119 Å². The molecule has 0 aromatic rings. The number of esters is 1. The first-order chi connectivity index (χ1) is 7.50. The van der Waals surface area contributed by atoms with Crippen LogP contribution >= 0.6 is 0 Å². The molecule has 1 rings (SSSR count). The van der Waals surface area contributed by atoms with Crippen molar-refractivity contribution in [2.75, 3.05) is 6.61 Å². The minimum absolute atomic E-state index is 0.0166. The van der Waals surface area contributed by atoms with E-state index in [0.29, 0.717) is 13.0 Å². The zero-order valence-corrected chi connectivity index (χ0v) is 8.64. The summed E-state index contributed by atoms with van der Waals surface area (Å²) in [5.41, 5.74) is 5.23. The van der Waals surface area contributed by atoms with Crippen LogP contribution in [0.25, 0.3) is 0 Å². The number of ether oxygens (including phenoxy) is 1. The quantitative estimate of drug-likeness (QED) is 0.500. The van der Waals surface area contributed by atoms with Gasteiger partial charge in [-0.05, 0) is 6.42 Å². The Morgan fingerprint density at radius 1 is 1.62 bits per heavy atom. The number of carbonyl (C=O) groups is 3. The van der Waals surface area contributed by atoms with Crippen molar-refractivity contribution in [3.63, 3.8) is 0 Å². The second-order valence-corrected chi connectivity index (χ2v) is 3.56. The van der Waals surface area contributed by atoms with Gasteiger partial charge in [-0.2, -0.15) is 0 Å². The first-order valence-electron chi connectivity index (χ1n) is 4.95. The Morgan fingerprint density at radius 2 is 2.31 bits per heavy atom. The molecule has 16 heavy (non-hydrogen) atoms. The van der Waals surface area contributed by atoms with Gasteiger partial charge < -0.3 is 20.9 Å². The van der Waals surface area contributed by atoms with Gasteiger partial charge in [0.05, 0.1) is 6.61 Å². The average molecular weight is 230 g/mol. The summed E-state index contributed by atoms with van der Waals surface area (Å²) in [4.78, 5) is 32.7. The molecular weight excluding hydrogens is 216 g/mol. The number of amides is 1. The third kappa shape index (κ3) is 3.50. The van der Waals surface area contributed by atoms with Crippen LogP contribution in [-0.4, -0.2) is 41.6 Å². The molecule has 7 nitrogen and oxygen atoms in total. The lowest BCUT2D eigenvalue weighted by molar-refractivity contribution is -0.142. The molecule has 0 unspecified atom stereocenters. The Balaban J connectivity index is 2.25. The summed E-state index contributed by atoms with van der Waals surface area (Å²) < 4.78 is 4.66. The SMILES string of the molecule is N[C@@H](CCC(=O)N[C@@H]1CCOC1=O)C(=O)O. The standard InChI is InChI=1S/C9H14N2O5/c10-5(8(13)14)1-2-7(12)11-6-3-4-16-9(6)15/h5-6H,1-4,10H2,(H,11,12)(H,13,14)/t5-,6+/m0/s1. The molecule has 1 aliphatic rings. The van der Waals surface area contributed by atoms with Gasteiger partial charge in [0.15, 0.2) is 0 Å². The molecule has 1 aliphatic heterocycles. The Bertz CT molecular complexity index is 304. The third-order valence-electron chi connectivity index (χ3n) is 2.27. The van der Waals surface area contributed by atoms with Crippen LogP contribution < -0.4 is 11.1 Å². The highest BCUT2D eigenvalue weighted by atomic mass is 16.5. The summed E-state index contributed by atoms with van der Waals surface area (Å²) in [5, 5.41) is 11.0. The number of cyclic esters (lactones) is 1. The van der Waals surface area contributed by atoms with Gasteiger partial charge in [-0.25, -0.2) is 4.79 Å². The lowest BCUT2D eigenvalue weighted by Gasteiger charge is -2.09. The smallest absolute Gasteiger partial charge is 0.328 e. The van der Waals surface area contributed by atoms with Crippen LogP contribution in [0.5, 0.6) is 0 Å². The van der Waals surface area contributed by atoms with Gasteiger partial charge in [0, 0.05) is 12.8 Å². The van der Waals surface area contributed by atoms with E-state index in [1.165, 1.54) is 0 Å². The molecule has 2 atom stereocenters. The molecular formula is C9H14N2O5. The number of hydrogen-bond donors (Lipinski definition) is 3. The van der Waals surface area contributed by atoms with Crippen molar-refractivity contribution in [3.05, 3.63) is 0 Å². The van der Waals surface area contributed by atoms with E-state index in [0.717, 1.165) is 0 Å². The highest BCUT2D eigenvalue weighted by Crippen LogP contribution is 2.06. The van der Waals surface area contributed by atoms with Gasteiger partial charge >= 0.3 is 11.9 Å². The molecule has 1 fully saturated rings. The molecule has 0 saturated carbocycles. The Morgan fingerprint density at radius 3 is 2.81 bits per heavy atom. The molecule has 0 radical (unpaired) electrons. The molecule has 1 saturated heterocycles. The lowest BCUT2D eigenvalue weighted by Crippen LogP contribution is -2.39. The summed E-state index contributed by atoms with van der Waals surface area (Å²) >= 11 is 0. The van der Waals surface area contributed by atoms with Crippen molar-refractivity contribution in [3.8, 4) is 0 Å². The second kappa shape index (κ2) is 5.45. The van der Waals surface area contributed by atoms with Crippen LogP contribution in [0.15, 0.2) is 0 Å². The lowest BCUT2D eigenvalue weighted by atomic mass is 10.1. The minimum atomic E-state index is -1.15. The number of carboxylic acid groups (broad SMARTS) is 1. The van der Waals surface area contributed by atoms with Crippen LogP contribution in [0, 0.1) is 0 Å². The van der Waals surface area contributed by atoms with E-state index in [1.54, 1.807) is 0 Å². The summed E-state index contributed by atoms with van der Waals surface area (Å²) in [7, 11) is 0. The van der Waals surface area contributed by atoms with E-state index in [-0.39, 0.29) is 18.7 Å². The van der Waals surface area contributed by atoms with Crippen molar-refractivity contribution in [1.82, 2.24) is 5.32 Å². The zero-order valence-electron chi connectivity index (χ0n) is 8.64. The van der Waals surface area contributed by atoms with Gasteiger partial charge in [-0.15, -0.1) is 0 Å². The average Bonchev–Trinajstić information content (AvgIpc) is 2.60. The number of aliphatic carboxylic acids is 1. The normalized spacial score (nSPS) is 21.3. The van der Waals surface area contributed by atoms with Gasteiger partial charge in [-0.3, -0.25) is 9.59 Å². The molecule has 0 spiro atoms. The summed E-state index contributed by atoms with van der Waals surface area (Å²) in [6, 6.07) is -1.66. The van der Waals surface area contributed by atoms with E-state index < -0.39 is 24.0 Å². The maximum absolute atomic E-state index is 11.3. The van der Waals surface area contributed by atoms with E-state index in [9.17, 15) is 14.4 Å². The fourth-order valence-corrected chi connectivity index (χ4v) is 1.30. The molecule has 1 heterocycles. The first-order valence-corrected chi connectivity index (χ1v) is 4.95. The van der Waals surface area contributed by atoms with Crippen molar-refractivity contribution in [2.45, 2.75) is 31.3 Å². The minimum Gasteiger partial charge on any atom is -0.480 e. The van der Waals surface area contributed by atoms with E-state index in [4.69, 9.17) is 10.8 Å². The van der Waals surface area contributed by atoms with Crippen LogP contribution in [0.2, 0.25) is 0 Å². The molecule has 1 amide bonds. The predicted molar refractivity (Wildman–Crippen MR) is 52.4 cm³/mol.